The molecule has 7 nitrogen and oxygen atoms in total. The molecule has 1 aliphatic heterocycles. The average Bonchev–Trinajstić information content (AvgIpc) is 2.73. The van der Waals surface area contributed by atoms with Crippen molar-refractivity contribution in [2.45, 2.75) is 12.8 Å². The normalized spacial score (nSPS) is 16.8. The van der Waals surface area contributed by atoms with E-state index >= 15 is 0 Å². The van der Waals surface area contributed by atoms with Gasteiger partial charge in [-0.15, -0.1) is 0 Å². The van der Waals surface area contributed by atoms with E-state index in [0.29, 0.717) is 17.9 Å². The van der Waals surface area contributed by atoms with Gasteiger partial charge in [0.15, 0.2) is 17.2 Å². The number of anilines is 2. The van der Waals surface area contributed by atoms with Gasteiger partial charge in [-0.1, -0.05) is 0 Å². The summed E-state index contributed by atoms with van der Waals surface area (Å²) in [6.45, 7) is 1.41. The number of carbonyl (C=O) groups excluding carboxylic acids is 1. The first-order chi connectivity index (χ1) is 13.6. The molecule has 3 heterocycles. The van der Waals surface area contributed by atoms with Gasteiger partial charge in [-0.25, -0.2) is 14.4 Å². The Morgan fingerprint density at radius 3 is 2.93 bits per heavy atom. The smallest absolute Gasteiger partial charge is 0.229 e. The van der Waals surface area contributed by atoms with Gasteiger partial charge in [-0.3, -0.25) is 9.78 Å². The molecular weight excluding hydrogens is 361 g/mol. The van der Waals surface area contributed by atoms with Gasteiger partial charge in [0.1, 0.15) is 5.52 Å². The Balaban J connectivity index is 1.46. The van der Waals surface area contributed by atoms with E-state index in [9.17, 15) is 9.18 Å². The molecule has 3 aromatic rings. The fourth-order valence-electron chi connectivity index (χ4n) is 3.43. The predicted molar refractivity (Wildman–Crippen MR) is 104 cm³/mol. The minimum absolute atomic E-state index is 0.122. The molecule has 0 radical (unpaired) electrons. The SMILES string of the molecule is COc1ccc(NC(=O)[C@@H]2CCCN(c3cnc4nccnc4c3)C2)cc1F. The second-order valence-corrected chi connectivity index (χ2v) is 6.72. The van der Waals surface area contributed by atoms with Crippen LogP contribution < -0.4 is 15.0 Å². The van der Waals surface area contributed by atoms with Crippen molar-refractivity contribution in [3.8, 4) is 5.75 Å². The summed E-state index contributed by atoms with van der Waals surface area (Å²) in [5.74, 6) is -0.679. The number of nitrogens with one attached hydrogen (secondary N) is 1. The largest absolute Gasteiger partial charge is 0.494 e. The summed E-state index contributed by atoms with van der Waals surface area (Å²) in [5, 5.41) is 2.81. The summed E-state index contributed by atoms with van der Waals surface area (Å²) in [6, 6.07) is 6.34. The van der Waals surface area contributed by atoms with Gasteiger partial charge in [0, 0.05) is 37.2 Å². The lowest BCUT2D eigenvalue weighted by Gasteiger charge is -2.33. The number of rotatable bonds is 4. The van der Waals surface area contributed by atoms with Crippen LogP contribution in [0.1, 0.15) is 12.8 Å². The van der Waals surface area contributed by atoms with E-state index in [1.165, 1.54) is 19.2 Å². The molecule has 0 spiro atoms. The lowest BCUT2D eigenvalue weighted by Crippen LogP contribution is -2.40. The fraction of sp³-hybridized carbons (Fsp3) is 0.300. The van der Waals surface area contributed by atoms with Crippen molar-refractivity contribution < 1.29 is 13.9 Å². The number of aromatic nitrogens is 3. The van der Waals surface area contributed by atoms with Gasteiger partial charge < -0.3 is 15.0 Å². The van der Waals surface area contributed by atoms with E-state index in [0.717, 1.165) is 30.6 Å². The maximum Gasteiger partial charge on any atom is 0.229 e. The summed E-state index contributed by atoms with van der Waals surface area (Å²) in [6.07, 6.45) is 6.66. The molecule has 1 aromatic carbocycles. The number of fused-ring (bicyclic) bond motifs is 1. The van der Waals surface area contributed by atoms with E-state index in [4.69, 9.17) is 4.74 Å². The van der Waals surface area contributed by atoms with E-state index in [1.54, 1.807) is 24.7 Å². The summed E-state index contributed by atoms with van der Waals surface area (Å²) < 4.78 is 18.8. The molecule has 4 rings (SSSR count). The molecule has 0 aliphatic carbocycles. The quantitative estimate of drug-likeness (QED) is 0.748. The van der Waals surface area contributed by atoms with Crippen LogP contribution in [0.15, 0.2) is 42.9 Å². The third-order valence-corrected chi connectivity index (χ3v) is 4.89. The first-order valence-corrected chi connectivity index (χ1v) is 9.10. The van der Waals surface area contributed by atoms with Crippen LogP contribution in [-0.4, -0.2) is 41.1 Å². The molecule has 8 heteroatoms. The number of hydrogen-bond donors (Lipinski definition) is 1. The highest BCUT2D eigenvalue weighted by atomic mass is 19.1. The van der Waals surface area contributed by atoms with Crippen LogP contribution in [0.25, 0.3) is 11.2 Å². The van der Waals surface area contributed by atoms with Crippen molar-refractivity contribution in [1.82, 2.24) is 15.0 Å². The van der Waals surface area contributed by atoms with Crippen LogP contribution in [0.3, 0.4) is 0 Å². The second-order valence-electron chi connectivity index (χ2n) is 6.72. The summed E-state index contributed by atoms with van der Waals surface area (Å²) in [4.78, 5) is 27.6. The zero-order valence-electron chi connectivity index (χ0n) is 15.4. The van der Waals surface area contributed by atoms with Crippen molar-refractivity contribution in [3.63, 3.8) is 0 Å². The van der Waals surface area contributed by atoms with Crippen LogP contribution in [0.2, 0.25) is 0 Å². The van der Waals surface area contributed by atoms with E-state index < -0.39 is 5.82 Å². The molecule has 1 fully saturated rings. The molecule has 0 bridgehead atoms. The monoisotopic (exact) mass is 381 g/mol. The van der Waals surface area contributed by atoms with Crippen LogP contribution in [0.5, 0.6) is 5.75 Å². The minimum Gasteiger partial charge on any atom is -0.494 e. The lowest BCUT2D eigenvalue weighted by atomic mass is 9.96. The minimum atomic E-state index is -0.506. The topological polar surface area (TPSA) is 80.2 Å². The number of methoxy groups -OCH3 is 1. The van der Waals surface area contributed by atoms with Crippen molar-refractivity contribution in [1.29, 1.82) is 0 Å². The molecule has 1 amide bonds. The van der Waals surface area contributed by atoms with Crippen LogP contribution >= 0.6 is 0 Å². The Hall–Kier alpha value is -3.29. The fourth-order valence-corrected chi connectivity index (χ4v) is 3.43. The Labute approximate surface area is 161 Å². The van der Waals surface area contributed by atoms with Gasteiger partial charge >= 0.3 is 0 Å². The van der Waals surface area contributed by atoms with Crippen LogP contribution in [-0.2, 0) is 4.79 Å². The molecular formula is C20H20FN5O2. The Kier molecular flexibility index (Phi) is 5.01. The van der Waals surface area contributed by atoms with Crippen LogP contribution in [0, 0.1) is 11.7 Å². The number of hydrogen-bond acceptors (Lipinski definition) is 6. The number of piperidine rings is 1. The maximum absolute atomic E-state index is 13.9. The van der Waals surface area contributed by atoms with Gasteiger partial charge in [-0.05, 0) is 31.0 Å². The van der Waals surface area contributed by atoms with Crippen molar-refractivity contribution >= 4 is 28.4 Å². The zero-order valence-corrected chi connectivity index (χ0v) is 15.4. The molecule has 0 unspecified atom stereocenters. The standard InChI is InChI=1S/C20H20FN5O2/c1-28-18-5-4-14(9-16(18)21)25-20(27)13-3-2-8-26(12-13)15-10-17-19(24-11-15)23-7-6-22-17/h4-7,9-11,13H,2-3,8,12H2,1H3,(H,25,27)/t13-/m1/s1. The Bertz CT molecular complexity index is 1010. The third kappa shape index (κ3) is 3.71. The number of amides is 1. The summed E-state index contributed by atoms with van der Waals surface area (Å²) in [5.41, 5.74) is 2.66. The number of ether oxygens (including phenoxy) is 1. The molecule has 1 atom stereocenters. The third-order valence-electron chi connectivity index (χ3n) is 4.89. The Morgan fingerprint density at radius 2 is 2.11 bits per heavy atom. The number of carbonyl (C=O) groups is 1. The highest BCUT2D eigenvalue weighted by Gasteiger charge is 2.26. The molecule has 1 saturated heterocycles. The van der Waals surface area contributed by atoms with Gasteiger partial charge in [-0.2, -0.15) is 0 Å². The average molecular weight is 381 g/mol. The summed E-state index contributed by atoms with van der Waals surface area (Å²) >= 11 is 0. The summed E-state index contributed by atoms with van der Waals surface area (Å²) in [7, 11) is 1.40. The number of benzene rings is 1. The van der Waals surface area contributed by atoms with Crippen molar-refractivity contribution in [2.75, 3.05) is 30.4 Å². The van der Waals surface area contributed by atoms with Crippen molar-refractivity contribution in [3.05, 3.63) is 48.7 Å². The number of pyridine rings is 1. The van der Waals surface area contributed by atoms with Crippen LogP contribution in [0.4, 0.5) is 15.8 Å². The number of nitrogens with zero attached hydrogens (tertiary/aromatic N) is 4. The Morgan fingerprint density at radius 1 is 1.25 bits per heavy atom. The second kappa shape index (κ2) is 7.75. The lowest BCUT2D eigenvalue weighted by molar-refractivity contribution is -0.120. The van der Waals surface area contributed by atoms with E-state index in [-0.39, 0.29) is 17.6 Å². The number of halogens is 1. The van der Waals surface area contributed by atoms with E-state index in [1.807, 2.05) is 6.07 Å². The highest BCUT2D eigenvalue weighted by molar-refractivity contribution is 5.93. The molecule has 144 valence electrons. The van der Waals surface area contributed by atoms with Crippen molar-refractivity contribution in [2.24, 2.45) is 5.92 Å². The predicted octanol–water partition coefficient (Wildman–Crippen LogP) is 3.03. The first-order valence-electron chi connectivity index (χ1n) is 9.10. The zero-order chi connectivity index (χ0) is 19.5. The highest BCUT2D eigenvalue weighted by Crippen LogP contribution is 2.26. The van der Waals surface area contributed by atoms with Gasteiger partial charge in [0.2, 0.25) is 5.91 Å². The van der Waals surface area contributed by atoms with Gasteiger partial charge in [0.05, 0.1) is 24.9 Å². The van der Waals surface area contributed by atoms with E-state index in [2.05, 4.69) is 25.2 Å². The molecule has 1 aliphatic rings. The molecule has 1 N–H and O–H groups in total. The van der Waals surface area contributed by atoms with Gasteiger partial charge in [0.25, 0.3) is 0 Å². The molecule has 0 saturated carbocycles. The molecule has 28 heavy (non-hydrogen) atoms. The first kappa shape index (κ1) is 18.1. The maximum atomic E-state index is 13.9. The molecule has 2 aromatic heterocycles.